The number of benzene rings is 1. The van der Waals surface area contributed by atoms with Gasteiger partial charge in [-0.15, -0.1) is 0 Å². The number of carbonyl (C=O) groups is 1. The molecule has 1 aliphatic carbocycles. The first kappa shape index (κ1) is 14.3. The lowest BCUT2D eigenvalue weighted by molar-refractivity contribution is -0.121. The fraction of sp³-hybridized carbons (Fsp3) is 0.500. The van der Waals surface area contributed by atoms with Crippen LogP contribution in [0.5, 0.6) is 0 Å². The Kier molecular flexibility index (Phi) is 4.77. The van der Waals surface area contributed by atoms with Gasteiger partial charge in [-0.25, -0.2) is 4.39 Å². The van der Waals surface area contributed by atoms with Crippen molar-refractivity contribution in [2.75, 3.05) is 0 Å². The number of hydrogen-bond donors (Lipinski definition) is 2. The summed E-state index contributed by atoms with van der Waals surface area (Å²) in [5, 5.41) is 3.21. The Morgan fingerprint density at radius 2 is 2.05 bits per heavy atom. The summed E-state index contributed by atoms with van der Waals surface area (Å²) in [6.07, 6.45) is 3.60. The van der Waals surface area contributed by atoms with Crippen LogP contribution in [-0.4, -0.2) is 18.0 Å². The maximum absolute atomic E-state index is 13.6. The van der Waals surface area contributed by atoms with Gasteiger partial charge < -0.3 is 11.1 Å². The Balaban J connectivity index is 1.91. The molecule has 3 nitrogen and oxygen atoms in total. The van der Waals surface area contributed by atoms with E-state index < -0.39 is 5.82 Å². The molecule has 0 spiro atoms. The molecule has 0 saturated heterocycles. The second-order valence-electron chi connectivity index (χ2n) is 5.06. The smallest absolute Gasteiger partial charge is 0.224 e. The van der Waals surface area contributed by atoms with Crippen molar-refractivity contribution in [1.29, 1.82) is 0 Å². The van der Waals surface area contributed by atoms with Crippen LogP contribution in [0.4, 0.5) is 4.39 Å². The van der Waals surface area contributed by atoms with Crippen LogP contribution in [0.25, 0.3) is 0 Å². The highest BCUT2D eigenvalue weighted by molar-refractivity contribution is 6.31. The summed E-state index contributed by atoms with van der Waals surface area (Å²) >= 11 is 5.90. The minimum atomic E-state index is -0.437. The fourth-order valence-electron chi connectivity index (χ4n) is 2.40. The zero-order valence-corrected chi connectivity index (χ0v) is 11.4. The minimum Gasteiger partial charge on any atom is -0.353 e. The van der Waals surface area contributed by atoms with Crippen LogP contribution >= 0.6 is 11.6 Å². The largest absolute Gasteiger partial charge is 0.353 e. The molecule has 1 fully saturated rings. The van der Waals surface area contributed by atoms with Crippen LogP contribution in [0.1, 0.15) is 31.2 Å². The van der Waals surface area contributed by atoms with E-state index in [0.717, 1.165) is 25.7 Å². The first-order valence-corrected chi connectivity index (χ1v) is 6.92. The molecule has 0 heterocycles. The monoisotopic (exact) mass is 284 g/mol. The number of rotatable bonds is 3. The topological polar surface area (TPSA) is 55.1 Å². The maximum atomic E-state index is 13.6. The standard InChI is InChI=1S/C14H18ClFN2O/c15-12-2-1-3-13(16)11(12)8-14(19)18-10-6-4-9(17)5-7-10/h1-3,9-10H,4-8,17H2,(H,18,19). The molecule has 104 valence electrons. The van der Waals surface area contributed by atoms with Crippen molar-refractivity contribution in [2.45, 2.75) is 44.2 Å². The Bertz CT molecular complexity index is 439. The van der Waals surface area contributed by atoms with Gasteiger partial charge in [0.15, 0.2) is 0 Å². The van der Waals surface area contributed by atoms with Crippen LogP contribution in [0.2, 0.25) is 5.02 Å². The number of amides is 1. The van der Waals surface area contributed by atoms with Crippen LogP contribution < -0.4 is 11.1 Å². The van der Waals surface area contributed by atoms with Gasteiger partial charge in [-0.2, -0.15) is 0 Å². The van der Waals surface area contributed by atoms with Crippen LogP contribution in [0.15, 0.2) is 18.2 Å². The predicted molar refractivity (Wildman–Crippen MR) is 73.5 cm³/mol. The highest BCUT2D eigenvalue weighted by Crippen LogP contribution is 2.20. The summed E-state index contributed by atoms with van der Waals surface area (Å²) in [7, 11) is 0. The van der Waals surface area contributed by atoms with Crippen LogP contribution in [-0.2, 0) is 11.2 Å². The van der Waals surface area contributed by atoms with Gasteiger partial charge in [0.1, 0.15) is 5.82 Å². The number of carbonyl (C=O) groups excluding carboxylic acids is 1. The molecular weight excluding hydrogens is 267 g/mol. The van der Waals surface area contributed by atoms with Crippen molar-refractivity contribution >= 4 is 17.5 Å². The SMILES string of the molecule is NC1CCC(NC(=O)Cc2c(F)cccc2Cl)CC1. The van der Waals surface area contributed by atoms with Gasteiger partial charge in [0.05, 0.1) is 6.42 Å². The third-order valence-electron chi connectivity index (χ3n) is 3.54. The minimum absolute atomic E-state index is 0.0198. The molecule has 0 bridgehead atoms. The molecule has 0 unspecified atom stereocenters. The van der Waals surface area contributed by atoms with E-state index in [1.54, 1.807) is 6.07 Å². The summed E-state index contributed by atoms with van der Waals surface area (Å²) in [5.74, 6) is -0.624. The lowest BCUT2D eigenvalue weighted by atomic mass is 9.91. The van der Waals surface area contributed by atoms with E-state index in [9.17, 15) is 9.18 Å². The van der Waals surface area contributed by atoms with Crippen molar-refractivity contribution in [3.63, 3.8) is 0 Å². The summed E-state index contributed by atoms with van der Waals surface area (Å²) in [5.41, 5.74) is 6.07. The van der Waals surface area contributed by atoms with E-state index in [1.807, 2.05) is 0 Å². The van der Waals surface area contributed by atoms with Gasteiger partial charge in [-0.05, 0) is 37.8 Å². The van der Waals surface area contributed by atoms with E-state index >= 15 is 0 Å². The van der Waals surface area contributed by atoms with Crippen molar-refractivity contribution in [1.82, 2.24) is 5.32 Å². The summed E-state index contributed by atoms with van der Waals surface area (Å²) in [4.78, 5) is 11.9. The molecule has 0 aliphatic heterocycles. The van der Waals surface area contributed by atoms with Crippen LogP contribution in [0.3, 0.4) is 0 Å². The zero-order chi connectivity index (χ0) is 13.8. The maximum Gasteiger partial charge on any atom is 0.224 e. The molecule has 0 radical (unpaired) electrons. The molecule has 1 aromatic carbocycles. The summed E-state index contributed by atoms with van der Waals surface area (Å²) in [6, 6.07) is 4.83. The van der Waals surface area contributed by atoms with E-state index in [1.165, 1.54) is 12.1 Å². The van der Waals surface area contributed by atoms with E-state index in [-0.39, 0.29) is 30.0 Å². The van der Waals surface area contributed by atoms with Gasteiger partial charge in [0.2, 0.25) is 5.91 Å². The quantitative estimate of drug-likeness (QED) is 0.895. The first-order valence-electron chi connectivity index (χ1n) is 6.54. The van der Waals surface area contributed by atoms with E-state index in [4.69, 9.17) is 17.3 Å². The second kappa shape index (κ2) is 6.35. The molecule has 2 rings (SSSR count). The average molecular weight is 285 g/mol. The molecule has 0 atom stereocenters. The highest BCUT2D eigenvalue weighted by atomic mass is 35.5. The van der Waals surface area contributed by atoms with Crippen molar-refractivity contribution in [3.8, 4) is 0 Å². The van der Waals surface area contributed by atoms with Crippen molar-refractivity contribution in [2.24, 2.45) is 5.73 Å². The van der Waals surface area contributed by atoms with Gasteiger partial charge in [-0.3, -0.25) is 4.79 Å². The number of nitrogens with one attached hydrogen (secondary N) is 1. The predicted octanol–water partition coefficient (Wildman–Crippen LogP) is 2.41. The summed E-state index contributed by atoms with van der Waals surface area (Å²) < 4.78 is 13.6. The Labute approximate surface area is 117 Å². The molecule has 1 amide bonds. The van der Waals surface area contributed by atoms with Gasteiger partial charge in [0.25, 0.3) is 0 Å². The first-order chi connectivity index (χ1) is 9.06. The zero-order valence-electron chi connectivity index (χ0n) is 10.7. The molecule has 19 heavy (non-hydrogen) atoms. The molecule has 1 aromatic rings. The Hall–Kier alpha value is -1.13. The Morgan fingerprint density at radius 1 is 1.37 bits per heavy atom. The Morgan fingerprint density at radius 3 is 2.68 bits per heavy atom. The number of nitrogens with two attached hydrogens (primary N) is 1. The third kappa shape index (κ3) is 3.91. The molecule has 1 aliphatic rings. The lowest BCUT2D eigenvalue weighted by Crippen LogP contribution is -2.41. The molecular formula is C14H18ClFN2O. The average Bonchev–Trinajstić information content (AvgIpc) is 2.37. The second-order valence-corrected chi connectivity index (χ2v) is 5.46. The fourth-order valence-corrected chi connectivity index (χ4v) is 2.63. The molecule has 3 N–H and O–H groups in total. The van der Waals surface area contributed by atoms with Gasteiger partial charge in [0, 0.05) is 22.7 Å². The van der Waals surface area contributed by atoms with E-state index in [0.29, 0.717) is 5.02 Å². The van der Waals surface area contributed by atoms with Crippen LogP contribution in [0, 0.1) is 5.82 Å². The van der Waals surface area contributed by atoms with Crippen molar-refractivity contribution < 1.29 is 9.18 Å². The van der Waals surface area contributed by atoms with Gasteiger partial charge in [-0.1, -0.05) is 17.7 Å². The molecule has 5 heteroatoms. The van der Waals surface area contributed by atoms with E-state index in [2.05, 4.69) is 5.32 Å². The van der Waals surface area contributed by atoms with Gasteiger partial charge >= 0.3 is 0 Å². The number of halogens is 2. The normalized spacial score (nSPS) is 23.1. The third-order valence-corrected chi connectivity index (χ3v) is 3.89. The lowest BCUT2D eigenvalue weighted by Gasteiger charge is -2.26. The summed E-state index contributed by atoms with van der Waals surface area (Å²) in [6.45, 7) is 0. The molecule has 1 saturated carbocycles. The van der Waals surface area contributed by atoms with Crippen molar-refractivity contribution in [3.05, 3.63) is 34.6 Å². The molecule has 0 aromatic heterocycles. The highest BCUT2D eigenvalue weighted by Gasteiger charge is 2.21. The number of hydrogen-bond acceptors (Lipinski definition) is 2.